The van der Waals surface area contributed by atoms with Gasteiger partial charge < -0.3 is 9.64 Å². The number of hydrogen-bond donors (Lipinski definition) is 0. The quantitative estimate of drug-likeness (QED) is 0.0824. The molecule has 5 nitrogen and oxygen atoms in total. The fourth-order valence-corrected chi connectivity index (χ4v) is 11.0. The van der Waals surface area contributed by atoms with E-state index in [2.05, 4.69) is 167 Å². The first-order valence-electron chi connectivity index (χ1n) is 23.2. The van der Waals surface area contributed by atoms with Crippen molar-refractivity contribution in [1.29, 1.82) is 0 Å². The number of nitrogens with zero attached hydrogens (tertiary/aromatic N) is 2. The van der Waals surface area contributed by atoms with Crippen LogP contribution in [0.2, 0.25) is 0 Å². The lowest BCUT2D eigenvalue weighted by Crippen LogP contribution is -2.28. The van der Waals surface area contributed by atoms with Crippen LogP contribution in [0.3, 0.4) is 0 Å². The molecule has 0 saturated heterocycles. The molecule has 1 atom stereocenters. The van der Waals surface area contributed by atoms with Crippen molar-refractivity contribution in [2.24, 2.45) is 11.3 Å². The Balaban J connectivity index is 1.15. The van der Waals surface area contributed by atoms with E-state index in [4.69, 9.17) is 16.3 Å². The van der Waals surface area contributed by atoms with E-state index in [0.29, 0.717) is 24.6 Å². The second-order valence-electron chi connectivity index (χ2n) is 20.5. The van der Waals surface area contributed by atoms with Crippen molar-refractivity contribution in [2.75, 3.05) is 12.0 Å². The Labute approximate surface area is 395 Å². The highest BCUT2D eigenvalue weighted by molar-refractivity contribution is 6.32. The Morgan fingerprint density at radius 3 is 1.97 bits per heavy atom. The van der Waals surface area contributed by atoms with Crippen LogP contribution in [0.25, 0.3) is 21.5 Å². The van der Waals surface area contributed by atoms with Gasteiger partial charge in [-0.3, -0.25) is 4.79 Å². The van der Waals surface area contributed by atoms with Crippen molar-refractivity contribution >= 4 is 62.0 Å². The van der Waals surface area contributed by atoms with E-state index in [0.717, 1.165) is 45.7 Å². The van der Waals surface area contributed by atoms with Crippen LogP contribution in [-0.4, -0.2) is 29.1 Å². The second-order valence-corrected chi connectivity index (χ2v) is 20.9. The number of benzene rings is 6. The van der Waals surface area contributed by atoms with Crippen LogP contribution in [0.1, 0.15) is 111 Å². The number of ketones is 1. The molecule has 0 radical (unpaired) electrons. The first-order valence-corrected chi connectivity index (χ1v) is 23.6. The molecule has 334 valence electrons. The van der Waals surface area contributed by atoms with Gasteiger partial charge in [-0.2, -0.15) is 4.58 Å². The maximum absolute atomic E-state index is 12.3. The summed E-state index contributed by atoms with van der Waals surface area (Å²) < 4.78 is 7.43. The average Bonchev–Trinajstić information content (AvgIpc) is 3.65. The Bertz CT molecular complexity index is 3100. The number of fused-ring (bicyclic) bond motifs is 6. The zero-order chi connectivity index (χ0) is 46.7. The van der Waals surface area contributed by atoms with E-state index in [9.17, 15) is 9.59 Å². The van der Waals surface area contributed by atoms with Crippen LogP contribution < -0.4 is 4.90 Å². The predicted molar refractivity (Wildman–Crippen MR) is 273 cm³/mol. The number of rotatable bonds is 9. The third kappa shape index (κ3) is 8.06. The van der Waals surface area contributed by atoms with Gasteiger partial charge in [-0.15, -0.1) is 0 Å². The van der Waals surface area contributed by atoms with Crippen molar-refractivity contribution in [2.45, 2.75) is 92.2 Å². The van der Waals surface area contributed by atoms with Gasteiger partial charge in [-0.05, 0) is 119 Å². The van der Waals surface area contributed by atoms with Gasteiger partial charge in [0.2, 0.25) is 5.69 Å². The van der Waals surface area contributed by atoms with Crippen LogP contribution in [0.5, 0.6) is 0 Å². The van der Waals surface area contributed by atoms with Crippen molar-refractivity contribution in [1.82, 2.24) is 0 Å². The molecule has 6 heteroatoms. The SMILES string of the molecule is COC(=O)c1ccc(C[N+]2=C(/C=C/C3=C(Cl)C(=C/C=C4/N(Cc5ccc(C(C)=O)cc5)c5ccc6ccccc6c5C4(C)C)/CC(C(C)(C)C)C3)C(C)(C)c3c2ccc2ccccc32)cc1. The van der Waals surface area contributed by atoms with E-state index in [1.54, 1.807) is 6.92 Å². The van der Waals surface area contributed by atoms with Crippen molar-refractivity contribution in [3.05, 3.63) is 201 Å². The third-order valence-electron chi connectivity index (χ3n) is 14.5. The summed E-state index contributed by atoms with van der Waals surface area (Å²) in [4.78, 5) is 27.0. The summed E-state index contributed by atoms with van der Waals surface area (Å²) >= 11 is 7.67. The number of ether oxygens (including phenoxy) is 1. The number of halogens is 1. The zero-order valence-corrected chi connectivity index (χ0v) is 40.5. The molecular weight excluding hydrogens is 832 g/mol. The highest BCUT2D eigenvalue weighted by Gasteiger charge is 2.46. The minimum atomic E-state index is -0.341. The molecule has 0 N–H and O–H groups in total. The van der Waals surface area contributed by atoms with Crippen LogP contribution in [-0.2, 0) is 28.7 Å². The molecule has 2 aliphatic heterocycles. The molecule has 0 amide bonds. The molecule has 9 rings (SSSR count). The Hall–Kier alpha value is -6.30. The summed E-state index contributed by atoms with van der Waals surface area (Å²) in [6, 6.07) is 42.1. The molecule has 2 heterocycles. The van der Waals surface area contributed by atoms with E-state index in [1.807, 2.05) is 36.4 Å². The minimum absolute atomic E-state index is 0.0417. The number of carbonyl (C=O) groups is 2. The molecule has 0 fully saturated rings. The molecule has 66 heavy (non-hydrogen) atoms. The summed E-state index contributed by atoms with van der Waals surface area (Å²) in [6.07, 6.45) is 11.0. The molecule has 0 saturated carbocycles. The molecular formula is C60H60ClN2O3+. The van der Waals surface area contributed by atoms with Gasteiger partial charge in [0, 0.05) is 57.2 Å². The van der Waals surface area contributed by atoms with E-state index in [1.165, 1.54) is 62.6 Å². The smallest absolute Gasteiger partial charge is 0.337 e. The van der Waals surface area contributed by atoms with Gasteiger partial charge in [0.1, 0.15) is 0 Å². The third-order valence-corrected chi connectivity index (χ3v) is 15.0. The molecule has 3 aliphatic rings. The summed E-state index contributed by atoms with van der Waals surface area (Å²) in [7, 11) is 1.41. The lowest BCUT2D eigenvalue weighted by Gasteiger charge is -2.36. The number of esters is 1. The average molecular weight is 893 g/mol. The molecule has 0 aromatic heterocycles. The van der Waals surface area contributed by atoms with Crippen molar-refractivity contribution in [3.63, 3.8) is 0 Å². The van der Waals surface area contributed by atoms with Gasteiger partial charge in [0.25, 0.3) is 0 Å². The second kappa shape index (κ2) is 17.2. The predicted octanol–water partition coefficient (Wildman–Crippen LogP) is 14.9. The molecule has 6 aromatic rings. The largest absolute Gasteiger partial charge is 0.465 e. The van der Waals surface area contributed by atoms with Gasteiger partial charge in [-0.25, -0.2) is 4.79 Å². The van der Waals surface area contributed by atoms with Crippen molar-refractivity contribution < 1.29 is 18.9 Å². The van der Waals surface area contributed by atoms with Gasteiger partial charge in [0.15, 0.2) is 18.0 Å². The van der Waals surface area contributed by atoms with Crippen LogP contribution in [0.4, 0.5) is 11.4 Å². The number of allylic oxidation sites excluding steroid dienone is 8. The van der Waals surface area contributed by atoms with Crippen molar-refractivity contribution in [3.8, 4) is 0 Å². The number of carbonyl (C=O) groups excluding carboxylic acids is 2. The highest BCUT2D eigenvalue weighted by Crippen LogP contribution is 2.52. The van der Waals surface area contributed by atoms with Crippen LogP contribution in [0.15, 0.2) is 168 Å². The van der Waals surface area contributed by atoms with E-state index in [-0.39, 0.29) is 28.0 Å². The molecule has 1 unspecified atom stereocenters. The fourth-order valence-electron chi connectivity index (χ4n) is 10.7. The Morgan fingerprint density at radius 2 is 1.33 bits per heavy atom. The topological polar surface area (TPSA) is 49.6 Å². The van der Waals surface area contributed by atoms with Crippen LogP contribution >= 0.6 is 11.6 Å². The Morgan fingerprint density at radius 1 is 0.727 bits per heavy atom. The van der Waals surface area contributed by atoms with Gasteiger partial charge in [-0.1, -0.05) is 149 Å². The minimum Gasteiger partial charge on any atom is -0.465 e. The summed E-state index contributed by atoms with van der Waals surface area (Å²) in [5, 5.41) is 5.78. The summed E-state index contributed by atoms with van der Waals surface area (Å²) in [5.74, 6) is 0.0932. The monoisotopic (exact) mass is 891 g/mol. The number of methoxy groups -OCH3 is 1. The standard InChI is InChI=1S/C60H60ClN2O3/c1-38(64)41-22-18-39(19-23-41)36-62-50-30-26-42-14-10-12-16-48(42)54(50)59(5,6)52(62)32-28-45-34-47(58(2,3)4)35-46(56(45)61)29-33-53-60(7,8)55-49-17-13-11-15-43(49)27-31-51(55)63(53)37-40-20-24-44(25-21-40)57(65)66-9/h10-33,47H,34-37H2,1-9H3/q+1. The highest BCUT2D eigenvalue weighted by atomic mass is 35.5. The molecule has 0 bridgehead atoms. The van der Waals surface area contributed by atoms with Gasteiger partial charge >= 0.3 is 5.97 Å². The maximum Gasteiger partial charge on any atom is 0.337 e. The lowest BCUT2D eigenvalue weighted by atomic mass is 9.70. The summed E-state index contributed by atoms with van der Waals surface area (Å²) in [6.45, 7) is 19.3. The number of hydrogen-bond acceptors (Lipinski definition) is 4. The lowest BCUT2D eigenvalue weighted by molar-refractivity contribution is -0.455. The Kier molecular flexibility index (Phi) is 11.7. The van der Waals surface area contributed by atoms with Crippen LogP contribution in [0, 0.1) is 11.3 Å². The fraction of sp³-hybridized carbons (Fsp3) is 0.283. The van der Waals surface area contributed by atoms with E-state index >= 15 is 0 Å². The first kappa shape index (κ1) is 44.9. The molecule has 0 spiro atoms. The maximum atomic E-state index is 12.3. The normalized spacial score (nSPS) is 19.1. The van der Waals surface area contributed by atoms with E-state index < -0.39 is 0 Å². The number of anilines is 1. The molecule has 1 aliphatic carbocycles. The zero-order valence-electron chi connectivity index (χ0n) is 39.8. The summed E-state index contributed by atoms with van der Waals surface area (Å²) in [5.41, 5.74) is 12.6. The first-order chi connectivity index (χ1) is 31.5. The molecule has 6 aromatic carbocycles. The van der Waals surface area contributed by atoms with Gasteiger partial charge in [0.05, 0.1) is 18.1 Å². The number of Topliss-reactive ketones (excluding diaryl/α,β-unsaturated/α-hetero) is 1.